The molecule has 0 aromatic rings. The first-order valence-corrected chi connectivity index (χ1v) is 5.26. The fourth-order valence-electron chi connectivity index (χ4n) is 1.78. The van der Waals surface area contributed by atoms with E-state index in [0.29, 0.717) is 19.6 Å². The highest BCUT2D eigenvalue weighted by Gasteiger charge is 2.33. The zero-order chi connectivity index (χ0) is 10.6. The van der Waals surface area contributed by atoms with Crippen LogP contribution in [0.15, 0.2) is 0 Å². The molecule has 0 saturated carbocycles. The zero-order valence-corrected chi connectivity index (χ0v) is 8.90. The van der Waals surface area contributed by atoms with Gasteiger partial charge in [0.1, 0.15) is 0 Å². The molecule has 1 aliphatic rings. The number of hydrogen-bond acceptors (Lipinski definition) is 4. The maximum Gasteiger partial charge on any atom is 0.312 e. The third-order valence-electron chi connectivity index (χ3n) is 2.70. The molecule has 1 rings (SSSR count). The third-order valence-corrected chi connectivity index (χ3v) is 2.70. The van der Waals surface area contributed by atoms with Crippen molar-refractivity contribution in [3.8, 4) is 0 Å². The number of ether oxygens (including phenoxy) is 1. The normalized spacial score (nSPS) is 28.8. The second-order valence-electron chi connectivity index (χ2n) is 3.61. The zero-order valence-electron chi connectivity index (χ0n) is 8.90. The highest BCUT2D eigenvalue weighted by Crippen LogP contribution is 2.18. The van der Waals surface area contributed by atoms with Crippen LogP contribution in [0.1, 0.15) is 20.3 Å². The Morgan fingerprint density at radius 1 is 1.57 bits per heavy atom. The molecule has 1 N–H and O–H groups in total. The number of aliphatic hydroxyl groups excluding tert-OH is 1. The van der Waals surface area contributed by atoms with Gasteiger partial charge in [0.25, 0.3) is 0 Å². The van der Waals surface area contributed by atoms with E-state index in [1.807, 2.05) is 0 Å². The lowest BCUT2D eigenvalue weighted by atomic mass is 9.95. The molecule has 4 nitrogen and oxygen atoms in total. The Labute approximate surface area is 84.8 Å². The summed E-state index contributed by atoms with van der Waals surface area (Å²) in [6.07, 6.45) is 0.133. The maximum absolute atomic E-state index is 11.5. The van der Waals surface area contributed by atoms with Crippen molar-refractivity contribution in [2.24, 2.45) is 5.92 Å². The van der Waals surface area contributed by atoms with Gasteiger partial charge in [0.05, 0.1) is 18.6 Å². The van der Waals surface area contributed by atoms with Crippen molar-refractivity contribution in [2.45, 2.75) is 26.4 Å². The van der Waals surface area contributed by atoms with E-state index in [2.05, 4.69) is 11.8 Å². The van der Waals surface area contributed by atoms with Gasteiger partial charge in [0.2, 0.25) is 0 Å². The molecule has 4 heteroatoms. The van der Waals surface area contributed by atoms with Gasteiger partial charge in [-0.15, -0.1) is 0 Å². The van der Waals surface area contributed by atoms with Crippen molar-refractivity contribution in [2.75, 3.05) is 26.2 Å². The molecule has 2 atom stereocenters. The van der Waals surface area contributed by atoms with Crippen LogP contribution in [0, 0.1) is 5.92 Å². The average molecular weight is 201 g/mol. The molecule has 0 spiro atoms. The Bertz CT molecular complexity index is 196. The summed E-state index contributed by atoms with van der Waals surface area (Å²) in [6, 6.07) is 0. The highest BCUT2D eigenvalue weighted by atomic mass is 16.5. The Morgan fingerprint density at radius 3 is 2.86 bits per heavy atom. The van der Waals surface area contributed by atoms with E-state index in [1.54, 1.807) is 6.92 Å². The van der Waals surface area contributed by atoms with Gasteiger partial charge in [-0.1, -0.05) is 6.92 Å². The quantitative estimate of drug-likeness (QED) is 0.665. The van der Waals surface area contributed by atoms with Crippen molar-refractivity contribution < 1.29 is 14.6 Å². The molecule has 0 radical (unpaired) electrons. The van der Waals surface area contributed by atoms with Crippen molar-refractivity contribution in [3.05, 3.63) is 0 Å². The summed E-state index contributed by atoms with van der Waals surface area (Å²) < 4.78 is 4.92. The summed E-state index contributed by atoms with van der Waals surface area (Å²) in [5.41, 5.74) is 0. The summed E-state index contributed by atoms with van der Waals surface area (Å²) in [5, 5.41) is 9.65. The Kier molecular flexibility index (Phi) is 4.35. The van der Waals surface area contributed by atoms with Gasteiger partial charge in [-0.3, -0.25) is 4.79 Å². The lowest BCUT2D eigenvalue weighted by Crippen LogP contribution is -2.46. The number of carbonyl (C=O) groups excluding carboxylic acids is 1. The van der Waals surface area contributed by atoms with Gasteiger partial charge < -0.3 is 14.7 Å². The number of rotatable bonds is 3. The molecule has 0 aliphatic carbocycles. The van der Waals surface area contributed by atoms with Gasteiger partial charge in [0, 0.05) is 13.1 Å². The molecule has 0 aromatic carbocycles. The van der Waals surface area contributed by atoms with Crippen LogP contribution < -0.4 is 0 Å². The molecule has 0 aromatic heterocycles. The molecule has 2 unspecified atom stereocenters. The van der Waals surface area contributed by atoms with Gasteiger partial charge >= 0.3 is 5.97 Å². The number of esters is 1. The first-order chi connectivity index (χ1) is 6.69. The highest BCUT2D eigenvalue weighted by molar-refractivity contribution is 5.73. The minimum atomic E-state index is -0.531. The number of nitrogens with zero attached hydrogens (tertiary/aromatic N) is 1. The fraction of sp³-hybridized carbons (Fsp3) is 0.900. The van der Waals surface area contributed by atoms with Gasteiger partial charge in [-0.2, -0.15) is 0 Å². The van der Waals surface area contributed by atoms with Crippen LogP contribution in [-0.2, 0) is 9.53 Å². The third kappa shape index (κ3) is 2.69. The summed E-state index contributed by atoms with van der Waals surface area (Å²) >= 11 is 0. The number of aliphatic hydroxyl groups is 1. The van der Waals surface area contributed by atoms with Crippen LogP contribution in [0.3, 0.4) is 0 Å². The molecular weight excluding hydrogens is 182 g/mol. The predicted molar refractivity (Wildman–Crippen MR) is 52.9 cm³/mol. The fourth-order valence-corrected chi connectivity index (χ4v) is 1.78. The smallest absolute Gasteiger partial charge is 0.312 e. The van der Waals surface area contributed by atoms with E-state index >= 15 is 0 Å². The SMILES string of the molecule is CCOC(=O)C1CN(CC)CCC1O. The number of piperidine rings is 1. The summed E-state index contributed by atoms with van der Waals surface area (Å²) in [6.45, 7) is 6.63. The minimum absolute atomic E-state index is 0.266. The van der Waals surface area contributed by atoms with Crippen LogP contribution in [-0.4, -0.2) is 48.3 Å². The average Bonchev–Trinajstić information content (AvgIpc) is 2.19. The van der Waals surface area contributed by atoms with Crippen molar-refractivity contribution in [1.82, 2.24) is 4.90 Å². The molecule has 1 saturated heterocycles. The Hall–Kier alpha value is -0.610. The number of hydrogen-bond donors (Lipinski definition) is 1. The molecule has 1 heterocycles. The van der Waals surface area contributed by atoms with Gasteiger partial charge in [-0.25, -0.2) is 0 Å². The van der Waals surface area contributed by atoms with Crippen LogP contribution in [0.25, 0.3) is 0 Å². The topological polar surface area (TPSA) is 49.8 Å². The van der Waals surface area contributed by atoms with Crippen LogP contribution >= 0.6 is 0 Å². The summed E-state index contributed by atoms with van der Waals surface area (Å²) in [5.74, 6) is -0.623. The largest absolute Gasteiger partial charge is 0.466 e. The first-order valence-electron chi connectivity index (χ1n) is 5.26. The van der Waals surface area contributed by atoms with Crippen LogP contribution in [0.2, 0.25) is 0 Å². The second-order valence-corrected chi connectivity index (χ2v) is 3.61. The molecule has 1 aliphatic heterocycles. The van der Waals surface area contributed by atoms with Crippen molar-refractivity contribution in [1.29, 1.82) is 0 Å². The monoisotopic (exact) mass is 201 g/mol. The lowest BCUT2D eigenvalue weighted by Gasteiger charge is -2.33. The maximum atomic E-state index is 11.5. The number of carbonyl (C=O) groups is 1. The molecule has 1 fully saturated rings. The Morgan fingerprint density at radius 2 is 2.29 bits per heavy atom. The molecule has 82 valence electrons. The van der Waals surface area contributed by atoms with Gasteiger partial charge in [0.15, 0.2) is 0 Å². The van der Waals surface area contributed by atoms with E-state index in [0.717, 1.165) is 13.1 Å². The van der Waals surface area contributed by atoms with E-state index in [-0.39, 0.29) is 11.9 Å². The van der Waals surface area contributed by atoms with Crippen molar-refractivity contribution in [3.63, 3.8) is 0 Å². The number of likely N-dealkylation sites (tertiary alicyclic amines) is 1. The minimum Gasteiger partial charge on any atom is -0.466 e. The van der Waals surface area contributed by atoms with Crippen LogP contribution in [0.4, 0.5) is 0 Å². The van der Waals surface area contributed by atoms with Crippen molar-refractivity contribution >= 4 is 5.97 Å². The molecule has 0 bridgehead atoms. The summed E-state index contributed by atoms with van der Waals surface area (Å²) in [7, 11) is 0. The molecule has 0 amide bonds. The second kappa shape index (κ2) is 5.32. The predicted octanol–water partition coefficient (Wildman–Crippen LogP) is 0.252. The van der Waals surface area contributed by atoms with E-state index in [4.69, 9.17) is 4.74 Å². The van der Waals surface area contributed by atoms with E-state index < -0.39 is 6.10 Å². The summed E-state index contributed by atoms with van der Waals surface area (Å²) in [4.78, 5) is 13.6. The van der Waals surface area contributed by atoms with E-state index in [9.17, 15) is 9.90 Å². The lowest BCUT2D eigenvalue weighted by molar-refractivity contribution is -0.155. The molecule has 14 heavy (non-hydrogen) atoms. The van der Waals surface area contributed by atoms with E-state index in [1.165, 1.54) is 0 Å². The van der Waals surface area contributed by atoms with Gasteiger partial charge in [-0.05, 0) is 19.9 Å². The molecular formula is C10H19NO3. The standard InChI is InChI=1S/C10H19NO3/c1-3-11-6-5-9(12)8(7-11)10(13)14-4-2/h8-9,12H,3-7H2,1-2H3. The Balaban J connectivity index is 2.51. The van der Waals surface area contributed by atoms with Crippen LogP contribution in [0.5, 0.6) is 0 Å². The first kappa shape index (κ1) is 11.5.